The molecule has 4 atom stereocenters. The van der Waals surface area contributed by atoms with E-state index in [4.69, 9.17) is 10.5 Å². The number of nitrogens with zero attached hydrogens (tertiary/aromatic N) is 1. The van der Waals surface area contributed by atoms with Crippen molar-refractivity contribution in [2.75, 3.05) is 4.90 Å². The first-order valence-corrected chi connectivity index (χ1v) is 15.2. The quantitative estimate of drug-likeness (QED) is 0.270. The summed E-state index contributed by atoms with van der Waals surface area (Å²) in [5, 5.41) is 1.35. The fourth-order valence-corrected chi connectivity index (χ4v) is 8.63. The van der Waals surface area contributed by atoms with Crippen molar-refractivity contribution < 1.29 is 4.74 Å². The fourth-order valence-electron chi connectivity index (χ4n) is 7.28. The lowest BCUT2D eigenvalue weighted by molar-refractivity contribution is 0.000912. The first kappa shape index (κ1) is 24.5. The molecule has 2 N–H and O–H groups in total. The highest BCUT2D eigenvalue weighted by atomic mass is 32.1. The van der Waals surface area contributed by atoms with Crippen LogP contribution in [-0.2, 0) is 4.74 Å². The van der Waals surface area contributed by atoms with Crippen LogP contribution >= 0.6 is 11.3 Å². The molecule has 3 nitrogen and oxygen atoms in total. The topological polar surface area (TPSA) is 38.5 Å². The maximum atomic E-state index is 6.41. The van der Waals surface area contributed by atoms with Gasteiger partial charge < -0.3 is 15.4 Å². The first-order valence-electron chi connectivity index (χ1n) is 14.4. The predicted octanol–water partition coefficient (Wildman–Crippen LogP) is 9.08. The number of nitrogens with two attached hydrogens (primary N) is 1. The van der Waals surface area contributed by atoms with Crippen molar-refractivity contribution in [1.82, 2.24) is 0 Å². The highest BCUT2D eigenvalue weighted by molar-refractivity contribution is 7.19. The van der Waals surface area contributed by atoms with Gasteiger partial charge in [-0.1, -0.05) is 85.5 Å². The molecule has 0 spiro atoms. The molecule has 0 fully saturated rings. The molecular formula is C37H32N2OS. The average molecular weight is 553 g/mol. The molecule has 2 aliphatic heterocycles. The number of rotatable bonds is 2. The van der Waals surface area contributed by atoms with Crippen LogP contribution in [0.5, 0.6) is 0 Å². The van der Waals surface area contributed by atoms with Crippen molar-refractivity contribution in [3.8, 4) is 0 Å². The zero-order valence-electron chi connectivity index (χ0n) is 23.1. The fraction of sp³-hybridized carbons (Fsp3) is 0.189. The van der Waals surface area contributed by atoms with Gasteiger partial charge in [-0.25, -0.2) is 0 Å². The van der Waals surface area contributed by atoms with Crippen molar-refractivity contribution >= 4 is 44.4 Å². The van der Waals surface area contributed by atoms with Crippen LogP contribution in [-0.4, -0.2) is 11.6 Å². The molecule has 0 radical (unpaired) electrons. The Morgan fingerprint density at radius 1 is 0.976 bits per heavy atom. The molecule has 0 amide bonds. The number of benzene rings is 3. The Hall–Kier alpha value is -4.28. The van der Waals surface area contributed by atoms with Gasteiger partial charge in [-0.15, -0.1) is 11.3 Å². The Balaban J connectivity index is 1.26. The number of para-hydroxylation sites is 2. The molecule has 4 aliphatic rings. The van der Waals surface area contributed by atoms with E-state index in [0.29, 0.717) is 0 Å². The largest absolute Gasteiger partial charge is 0.494 e. The molecule has 1 aromatic heterocycles. The molecule has 3 heterocycles. The third-order valence-corrected chi connectivity index (χ3v) is 10.6. The van der Waals surface area contributed by atoms with Gasteiger partial charge >= 0.3 is 0 Å². The molecular weight excluding hydrogens is 520 g/mol. The van der Waals surface area contributed by atoms with Crippen molar-refractivity contribution in [3.63, 3.8) is 0 Å². The van der Waals surface area contributed by atoms with Crippen molar-refractivity contribution in [1.29, 1.82) is 0 Å². The number of hydrogen-bond donors (Lipinski definition) is 1. The van der Waals surface area contributed by atoms with E-state index >= 15 is 0 Å². The maximum Gasteiger partial charge on any atom is 0.116 e. The Labute approximate surface area is 245 Å². The summed E-state index contributed by atoms with van der Waals surface area (Å²) in [5.41, 5.74) is 15.4. The van der Waals surface area contributed by atoms with Crippen LogP contribution in [0.4, 0.5) is 11.4 Å². The summed E-state index contributed by atoms with van der Waals surface area (Å²) >= 11 is 1.94. The number of ether oxygens (including phenoxy) is 1. The lowest BCUT2D eigenvalue weighted by Crippen LogP contribution is -2.40. The second-order valence-corrected chi connectivity index (χ2v) is 12.9. The Kier molecular flexibility index (Phi) is 5.45. The van der Waals surface area contributed by atoms with Crippen LogP contribution in [0.3, 0.4) is 0 Å². The van der Waals surface area contributed by atoms with E-state index in [-0.39, 0.29) is 23.5 Å². The van der Waals surface area contributed by atoms with Gasteiger partial charge in [-0.2, -0.15) is 0 Å². The SMILES string of the molecule is C=C1/C=C(c2ccccc2N2c3ccccc3C3c4sc5ccccc5c4C=CC32)\C=C/OC2(C)CCC(N)=CC12. The number of fused-ring (bicyclic) bond motifs is 8. The number of hydrogen-bond acceptors (Lipinski definition) is 4. The first-order chi connectivity index (χ1) is 20.0. The highest BCUT2D eigenvalue weighted by Crippen LogP contribution is 2.55. The van der Waals surface area contributed by atoms with Gasteiger partial charge in [-0.3, -0.25) is 0 Å². The molecule has 0 saturated heterocycles. The van der Waals surface area contributed by atoms with E-state index in [1.165, 1.54) is 37.5 Å². The Morgan fingerprint density at radius 3 is 2.66 bits per heavy atom. The van der Waals surface area contributed by atoms with Gasteiger partial charge in [0.15, 0.2) is 0 Å². The van der Waals surface area contributed by atoms with Gasteiger partial charge in [0.25, 0.3) is 0 Å². The third kappa shape index (κ3) is 3.70. The molecule has 4 unspecified atom stereocenters. The predicted molar refractivity (Wildman–Crippen MR) is 172 cm³/mol. The lowest BCUT2D eigenvalue weighted by atomic mass is 9.75. The summed E-state index contributed by atoms with van der Waals surface area (Å²) in [6.45, 7) is 6.68. The maximum absolute atomic E-state index is 6.41. The molecule has 4 aromatic rings. The van der Waals surface area contributed by atoms with Crippen LogP contribution < -0.4 is 10.6 Å². The third-order valence-electron chi connectivity index (χ3n) is 9.32. The van der Waals surface area contributed by atoms with E-state index in [1.54, 1.807) is 0 Å². The molecule has 41 heavy (non-hydrogen) atoms. The van der Waals surface area contributed by atoms with Gasteiger partial charge in [-0.05, 0) is 71.7 Å². The van der Waals surface area contributed by atoms with Crippen LogP contribution in [0.25, 0.3) is 21.7 Å². The minimum absolute atomic E-state index is 0.0351. The average Bonchev–Trinajstić information content (AvgIpc) is 3.53. The second-order valence-electron chi connectivity index (χ2n) is 11.8. The number of thiophene rings is 1. The van der Waals surface area contributed by atoms with Gasteiger partial charge in [0, 0.05) is 44.0 Å². The van der Waals surface area contributed by atoms with Crippen LogP contribution in [0, 0.1) is 5.92 Å². The van der Waals surface area contributed by atoms with Crippen LogP contribution in [0.2, 0.25) is 0 Å². The van der Waals surface area contributed by atoms with Gasteiger partial charge in [0.05, 0.1) is 12.3 Å². The van der Waals surface area contributed by atoms with E-state index in [9.17, 15) is 0 Å². The molecule has 8 rings (SSSR count). The summed E-state index contributed by atoms with van der Waals surface area (Å²) < 4.78 is 7.77. The normalized spacial score (nSPS) is 28.3. The molecule has 3 aromatic carbocycles. The lowest BCUT2D eigenvalue weighted by Gasteiger charge is -2.40. The van der Waals surface area contributed by atoms with E-state index < -0.39 is 0 Å². The smallest absolute Gasteiger partial charge is 0.116 e. The van der Waals surface area contributed by atoms with Crippen LogP contribution in [0.15, 0.2) is 121 Å². The van der Waals surface area contributed by atoms with E-state index in [0.717, 1.165) is 35.2 Å². The summed E-state index contributed by atoms with van der Waals surface area (Å²) in [6.07, 6.45) is 14.8. The standard InChI is InChI=1S/C37H32N2OS/c1-23-21-24(18-20-40-37(2)19-17-25(38)22-30(23)37)26-9-3-6-12-31(26)39-32-13-7-4-11-29(32)35-33(39)16-15-28-27-10-5-8-14-34(27)41-36(28)35/h3-16,18,20-22,30,33,35H,1,17,19,38H2,2H3/b20-18-,24-21+. The Morgan fingerprint density at radius 2 is 1.76 bits per heavy atom. The summed E-state index contributed by atoms with van der Waals surface area (Å²) in [7, 11) is 0. The summed E-state index contributed by atoms with van der Waals surface area (Å²) in [4.78, 5) is 4.00. The zero-order valence-corrected chi connectivity index (χ0v) is 23.9. The van der Waals surface area contributed by atoms with Crippen molar-refractivity contribution in [2.45, 2.75) is 37.3 Å². The summed E-state index contributed by atoms with van der Waals surface area (Å²) in [6, 6.07) is 26.7. The molecule has 4 heteroatoms. The minimum Gasteiger partial charge on any atom is -0.494 e. The van der Waals surface area contributed by atoms with E-state index in [1.807, 2.05) is 17.6 Å². The van der Waals surface area contributed by atoms with Crippen molar-refractivity contribution in [3.05, 3.63) is 143 Å². The molecule has 202 valence electrons. The van der Waals surface area contributed by atoms with Crippen molar-refractivity contribution in [2.24, 2.45) is 11.7 Å². The van der Waals surface area contributed by atoms with Crippen LogP contribution in [0.1, 0.15) is 47.3 Å². The van der Waals surface area contributed by atoms with E-state index in [2.05, 4.69) is 122 Å². The number of anilines is 2. The second kappa shape index (κ2) is 9.12. The molecule has 0 bridgehead atoms. The Bertz CT molecular complexity index is 1860. The minimum atomic E-state index is -0.339. The molecule has 0 saturated carbocycles. The summed E-state index contributed by atoms with van der Waals surface area (Å²) in [5.74, 6) is 0.320. The van der Waals surface area contributed by atoms with Gasteiger partial charge in [0.1, 0.15) is 5.60 Å². The van der Waals surface area contributed by atoms with Gasteiger partial charge in [0.2, 0.25) is 0 Å². The highest BCUT2D eigenvalue weighted by Gasteiger charge is 2.43. The number of allylic oxidation sites excluding steroid dienone is 4. The zero-order chi connectivity index (χ0) is 27.7. The monoisotopic (exact) mass is 552 g/mol. The molecule has 2 aliphatic carbocycles.